The second-order valence-electron chi connectivity index (χ2n) is 5.90. The van der Waals surface area contributed by atoms with Crippen LogP contribution in [0.15, 0.2) is 72.1 Å². The summed E-state index contributed by atoms with van der Waals surface area (Å²) in [5.74, 6) is -0.528. The molecule has 0 bridgehead atoms. The molecule has 142 valence electrons. The van der Waals surface area contributed by atoms with Gasteiger partial charge in [0.05, 0.1) is 4.88 Å². The van der Waals surface area contributed by atoms with E-state index in [-0.39, 0.29) is 11.7 Å². The van der Waals surface area contributed by atoms with Gasteiger partial charge in [-0.1, -0.05) is 36.4 Å². The van der Waals surface area contributed by atoms with E-state index in [9.17, 15) is 14.4 Å². The maximum atomic E-state index is 12.4. The van der Waals surface area contributed by atoms with Gasteiger partial charge < -0.3 is 4.74 Å². The minimum Gasteiger partial charge on any atom is -0.481 e. The zero-order valence-electron chi connectivity index (χ0n) is 15.0. The van der Waals surface area contributed by atoms with Crippen LogP contribution in [0.5, 0.6) is 5.75 Å². The van der Waals surface area contributed by atoms with E-state index >= 15 is 0 Å². The molecule has 0 spiro atoms. The first-order valence-electron chi connectivity index (χ1n) is 8.55. The Morgan fingerprint density at radius 2 is 1.54 bits per heavy atom. The fourth-order valence-corrected chi connectivity index (χ4v) is 3.01. The van der Waals surface area contributed by atoms with Crippen LogP contribution in [0.1, 0.15) is 32.5 Å². The molecule has 2 amide bonds. The van der Waals surface area contributed by atoms with Crippen LogP contribution in [0.4, 0.5) is 0 Å². The fraction of sp³-hybridized carbons (Fsp3) is 0.0952. The third kappa shape index (κ3) is 4.83. The summed E-state index contributed by atoms with van der Waals surface area (Å²) in [6.07, 6.45) is -0.834. The molecule has 0 saturated heterocycles. The molecule has 1 heterocycles. The number of ketones is 1. The number of nitrogens with one attached hydrogen (secondary N) is 2. The van der Waals surface area contributed by atoms with E-state index in [1.165, 1.54) is 11.3 Å². The van der Waals surface area contributed by atoms with Gasteiger partial charge in [-0.25, -0.2) is 0 Å². The summed E-state index contributed by atoms with van der Waals surface area (Å²) in [6.45, 7) is 1.57. The van der Waals surface area contributed by atoms with E-state index in [1.54, 1.807) is 60.8 Å². The molecule has 1 atom stereocenters. The molecule has 6 nitrogen and oxygen atoms in total. The summed E-state index contributed by atoms with van der Waals surface area (Å²) >= 11 is 1.27. The van der Waals surface area contributed by atoms with Crippen LogP contribution in [0.3, 0.4) is 0 Å². The first-order chi connectivity index (χ1) is 13.5. The van der Waals surface area contributed by atoms with Gasteiger partial charge in [0.2, 0.25) is 0 Å². The number of ether oxygens (including phenoxy) is 1. The highest BCUT2D eigenvalue weighted by atomic mass is 32.1. The van der Waals surface area contributed by atoms with E-state index < -0.39 is 12.0 Å². The summed E-state index contributed by atoms with van der Waals surface area (Å²) in [5, 5.41) is 1.77. The predicted molar refractivity (Wildman–Crippen MR) is 106 cm³/mol. The first kappa shape index (κ1) is 19.3. The molecule has 7 heteroatoms. The summed E-state index contributed by atoms with van der Waals surface area (Å²) in [6, 6.07) is 18.9. The molecule has 2 N–H and O–H groups in total. The van der Waals surface area contributed by atoms with Crippen LogP contribution in [0.2, 0.25) is 0 Å². The average molecular weight is 394 g/mol. The van der Waals surface area contributed by atoms with E-state index in [1.807, 2.05) is 18.2 Å². The predicted octanol–water partition coefficient (Wildman–Crippen LogP) is 3.21. The van der Waals surface area contributed by atoms with Gasteiger partial charge in [-0.15, -0.1) is 11.3 Å². The zero-order valence-corrected chi connectivity index (χ0v) is 15.9. The second-order valence-corrected chi connectivity index (χ2v) is 6.85. The maximum absolute atomic E-state index is 12.4. The highest BCUT2D eigenvalue weighted by Gasteiger charge is 2.16. The molecule has 28 heavy (non-hydrogen) atoms. The largest absolute Gasteiger partial charge is 0.481 e. The van der Waals surface area contributed by atoms with Crippen molar-refractivity contribution in [1.29, 1.82) is 0 Å². The smallest absolute Gasteiger partial charge is 0.279 e. The van der Waals surface area contributed by atoms with Crippen molar-refractivity contribution in [2.24, 2.45) is 0 Å². The number of hydrogen-bond acceptors (Lipinski definition) is 5. The molecule has 1 aromatic heterocycles. The molecule has 0 unspecified atom stereocenters. The third-order valence-electron chi connectivity index (χ3n) is 3.88. The quantitative estimate of drug-likeness (QED) is 0.497. The van der Waals surface area contributed by atoms with Gasteiger partial charge in [-0.2, -0.15) is 0 Å². The van der Waals surface area contributed by atoms with Crippen LogP contribution in [-0.2, 0) is 4.79 Å². The van der Waals surface area contributed by atoms with Gasteiger partial charge in [-0.05, 0) is 42.6 Å². The molecule has 3 rings (SSSR count). The Kier molecular flexibility index (Phi) is 6.18. The topological polar surface area (TPSA) is 84.5 Å². The van der Waals surface area contributed by atoms with E-state index in [0.29, 0.717) is 21.8 Å². The lowest BCUT2D eigenvalue weighted by Gasteiger charge is -2.15. The molecule has 0 aliphatic carbocycles. The number of hydrazine groups is 1. The van der Waals surface area contributed by atoms with Gasteiger partial charge >= 0.3 is 0 Å². The molecule has 0 aliphatic heterocycles. The Labute approximate surface area is 166 Å². The Morgan fingerprint density at radius 1 is 0.857 bits per heavy atom. The second kappa shape index (κ2) is 8.96. The summed E-state index contributed by atoms with van der Waals surface area (Å²) in [7, 11) is 0. The summed E-state index contributed by atoms with van der Waals surface area (Å²) in [4.78, 5) is 36.8. The molecule has 2 aromatic carbocycles. The molecule has 3 aromatic rings. The fourth-order valence-electron chi connectivity index (χ4n) is 2.39. The van der Waals surface area contributed by atoms with Gasteiger partial charge in [-0.3, -0.25) is 25.2 Å². The van der Waals surface area contributed by atoms with Crippen molar-refractivity contribution in [3.05, 3.63) is 88.1 Å². The molecular formula is C21H18N2O4S. The van der Waals surface area contributed by atoms with Gasteiger partial charge in [0.1, 0.15) is 5.75 Å². The maximum Gasteiger partial charge on any atom is 0.279 e. The van der Waals surface area contributed by atoms with Crippen molar-refractivity contribution in [1.82, 2.24) is 10.9 Å². The number of benzene rings is 2. The number of thiophene rings is 1. The Bertz CT molecular complexity index is 954. The van der Waals surface area contributed by atoms with E-state index in [0.717, 1.165) is 0 Å². The van der Waals surface area contributed by atoms with Crippen molar-refractivity contribution in [2.45, 2.75) is 13.0 Å². The SMILES string of the molecule is C[C@@H](Oc1ccc(C(=O)c2ccccc2)cc1)C(=O)NNC(=O)c1cccs1. The monoisotopic (exact) mass is 394 g/mol. The standard InChI is InChI=1S/C21H18N2O4S/c1-14(20(25)22-23-21(26)18-8-5-13-28-18)27-17-11-9-16(10-12-17)19(24)15-6-3-2-4-7-15/h2-14H,1H3,(H,22,25)(H,23,26)/t14-/m1/s1. The Hall–Kier alpha value is -3.45. The molecule has 0 saturated carbocycles. The summed E-state index contributed by atoms with van der Waals surface area (Å²) < 4.78 is 5.57. The molecule has 0 fully saturated rings. The van der Waals surface area contributed by atoms with Crippen LogP contribution in [-0.4, -0.2) is 23.7 Å². The van der Waals surface area contributed by atoms with Crippen LogP contribution in [0, 0.1) is 0 Å². The number of hydrogen-bond donors (Lipinski definition) is 2. The van der Waals surface area contributed by atoms with Gasteiger partial charge in [0.25, 0.3) is 11.8 Å². The Morgan fingerprint density at radius 3 is 2.18 bits per heavy atom. The lowest BCUT2D eigenvalue weighted by molar-refractivity contribution is -0.128. The summed E-state index contributed by atoms with van der Waals surface area (Å²) in [5.41, 5.74) is 5.80. The number of amides is 2. The van der Waals surface area contributed by atoms with Crippen LogP contribution < -0.4 is 15.6 Å². The minimum atomic E-state index is -0.834. The van der Waals surface area contributed by atoms with Crippen molar-refractivity contribution in [2.75, 3.05) is 0 Å². The van der Waals surface area contributed by atoms with Crippen molar-refractivity contribution in [3.8, 4) is 5.75 Å². The van der Waals surface area contributed by atoms with Gasteiger partial charge in [0.15, 0.2) is 11.9 Å². The molecule has 0 aliphatic rings. The van der Waals surface area contributed by atoms with Crippen LogP contribution in [0.25, 0.3) is 0 Å². The normalized spacial score (nSPS) is 11.3. The van der Waals surface area contributed by atoms with Crippen LogP contribution >= 0.6 is 11.3 Å². The minimum absolute atomic E-state index is 0.0887. The number of carbonyl (C=O) groups is 3. The third-order valence-corrected chi connectivity index (χ3v) is 4.75. The highest BCUT2D eigenvalue weighted by Crippen LogP contribution is 2.16. The number of rotatable bonds is 6. The average Bonchev–Trinajstić information content (AvgIpc) is 3.27. The van der Waals surface area contributed by atoms with Crippen molar-refractivity contribution >= 4 is 28.9 Å². The lowest BCUT2D eigenvalue weighted by Crippen LogP contribution is -2.47. The highest BCUT2D eigenvalue weighted by molar-refractivity contribution is 7.12. The van der Waals surface area contributed by atoms with E-state index in [4.69, 9.17) is 4.74 Å². The van der Waals surface area contributed by atoms with Gasteiger partial charge in [0, 0.05) is 11.1 Å². The van der Waals surface area contributed by atoms with Crippen molar-refractivity contribution < 1.29 is 19.1 Å². The lowest BCUT2D eigenvalue weighted by atomic mass is 10.0. The van der Waals surface area contributed by atoms with E-state index in [2.05, 4.69) is 10.9 Å². The first-order valence-corrected chi connectivity index (χ1v) is 9.43. The number of carbonyl (C=O) groups excluding carboxylic acids is 3. The Balaban J connectivity index is 1.53. The van der Waals surface area contributed by atoms with Crippen molar-refractivity contribution in [3.63, 3.8) is 0 Å². The molecule has 0 radical (unpaired) electrons. The molecular weight excluding hydrogens is 376 g/mol. The zero-order chi connectivity index (χ0) is 19.9.